The highest BCUT2D eigenvalue weighted by atomic mass is 32.2. The van der Waals surface area contributed by atoms with E-state index < -0.39 is 21.9 Å². The van der Waals surface area contributed by atoms with Gasteiger partial charge in [0.2, 0.25) is 10.0 Å². The molecule has 0 saturated carbocycles. The molecule has 0 N–H and O–H groups in total. The zero-order valence-corrected chi connectivity index (χ0v) is 16.0. The van der Waals surface area contributed by atoms with Gasteiger partial charge in [0, 0.05) is 36.0 Å². The van der Waals surface area contributed by atoms with E-state index in [9.17, 15) is 12.8 Å². The van der Waals surface area contributed by atoms with Crippen LogP contribution in [0.4, 0.5) is 4.39 Å². The first-order valence-corrected chi connectivity index (χ1v) is 10.3. The molecule has 3 aromatic rings. The lowest BCUT2D eigenvalue weighted by Gasteiger charge is -2.22. The summed E-state index contributed by atoms with van der Waals surface area (Å²) in [5.74, 6) is -0.148. The topological polar surface area (TPSA) is 84.8 Å². The number of ether oxygens (including phenoxy) is 1. The van der Waals surface area contributed by atoms with E-state index in [-0.39, 0.29) is 0 Å². The Bertz CT molecular complexity index is 1190. The van der Waals surface area contributed by atoms with E-state index in [2.05, 4.69) is 15.1 Å². The van der Waals surface area contributed by atoms with Crippen LogP contribution in [0.5, 0.6) is 5.75 Å². The number of benzene rings is 2. The average molecular weight is 400 g/mol. The van der Waals surface area contributed by atoms with Gasteiger partial charge in [0.15, 0.2) is 0 Å². The summed E-state index contributed by atoms with van der Waals surface area (Å²) in [6.45, 7) is 0. The molecule has 4 rings (SSSR count). The molecule has 1 atom stereocenters. The van der Waals surface area contributed by atoms with Crippen molar-refractivity contribution < 1.29 is 17.5 Å². The fourth-order valence-corrected chi connectivity index (χ4v) is 4.27. The molecule has 2 heterocycles. The van der Waals surface area contributed by atoms with Crippen LogP contribution in [0, 0.1) is 5.82 Å². The first-order valence-electron chi connectivity index (χ1n) is 8.49. The molecule has 7 nitrogen and oxygen atoms in total. The first-order chi connectivity index (χ1) is 13.4. The third-order valence-corrected chi connectivity index (χ3v) is 5.59. The highest BCUT2D eigenvalue weighted by molar-refractivity contribution is 7.88. The van der Waals surface area contributed by atoms with Gasteiger partial charge in [0.25, 0.3) is 0 Å². The molecule has 1 aliphatic heterocycles. The molecule has 1 aromatic heterocycles. The van der Waals surface area contributed by atoms with Crippen molar-refractivity contribution in [2.45, 2.75) is 12.5 Å². The summed E-state index contributed by atoms with van der Waals surface area (Å²) in [5.41, 5.74) is 3.03. The number of hydrazone groups is 1. The fraction of sp³-hybridized carbons (Fsp3) is 0.211. The molecule has 0 aliphatic carbocycles. The van der Waals surface area contributed by atoms with Crippen LogP contribution >= 0.6 is 0 Å². The zero-order valence-electron chi connectivity index (χ0n) is 15.2. The summed E-state index contributed by atoms with van der Waals surface area (Å²) in [4.78, 5) is 8.66. The van der Waals surface area contributed by atoms with Crippen molar-refractivity contribution >= 4 is 26.8 Å². The quantitative estimate of drug-likeness (QED) is 0.672. The number of aromatic nitrogens is 2. The normalized spacial score (nSPS) is 17.0. The van der Waals surface area contributed by atoms with Crippen molar-refractivity contribution in [1.29, 1.82) is 0 Å². The summed E-state index contributed by atoms with van der Waals surface area (Å²) in [6, 6.07) is 8.94. The van der Waals surface area contributed by atoms with E-state index in [4.69, 9.17) is 4.74 Å². The van der Waals surface area contributed by atoms with Crippen molar-refractivity contribution in [2.75, 3.05) is 13.4 Å². The number of hydrogen-bond acceptors (Lipinski definition) is 6. The van der Waals surface area contributed by atoms with E-state index in [1.54, 1.807) is 18.5 Å². The molecular weight excluding hydrogens is 383 g/mol. The lowest BCUT2D eigenvalue weighted by molar-refractivity contribution is 0.376. The number of rotatable bonds is 4. The number of sulfonamides is 1. The second-order valence-electron chi connectivity index (χ2n) is 6.42. The minimum atomic E-state index is -3.65. The molecular formula is C19H17FN4O3S. The van der Waals surface area contributed by atoms with E-state index >= 15 is 0 Å². The second-order valence-corrected chi connectivity index (χ2v) is 8.26. The fourth-order valence-electron chi connectivity index (χ4n) is 3.38. The van der Waals surface area contributed by atoms with Crippen molar-refractivity contribution in [1.82, 2.24) is 14.4 Å². The monoisotopic (exact) mass is 400 g/mol. The number of methoxy groups -OCH3 is 1. The molecule has 28 heavy (non-hydrogen) atoms. The van der Waals surface area contributed by atoms with Crippen LogP contribution < -0.4 is 4.74 Å². The van der Waals surface area contributed by atoms with Crippen LogP contribution in [0.1, 0.15) is 23.6 Å². The molecule has 2 aromatic carbocycles. The maximum absolute atomic E-state index is 13.6. The SMILES string of the molecule is COc1cc(F)ccc1C1=NN(S(C)(=O)=O)[C@H](c2cccc3nccnc23)C1. The Morgan fingerprint density at radius 2 is 1.96 bits per heavy atom. The van der Waals surface area contributed by atoms with Gasteiger partial charge in [-0.2, -0.15) is 9.52 Å². The number of hydrogen-bond donors (Lipinski definition) is 0. The standard InChI is InChI=1S/C19H17FN4O3S/c1-27-18-10-12(20)6-7-13(18)16-11-17(24(23-16)28(2,25)26)14-4-3-5-15-19(14)22-9-8-21-15/h3-10,17H,11H2,1-2H3/t17-/m0/s1. The summed E-state index contributed by atoms with van der Waals surface area (Å²) < 4.78 is 44.8. The highest BCUT2D eigenvalue weighted by Crippen LogP contribution is 2.38. The maximum atomic E-state index is 13.6. The van der Waals surface area contributed by atoms with Crippen molar-refractivity contribution in [3.63, 3.8) is 0 Å². The van der Waals surface area contributed by atoms with Gasteiger partial charge in [-0.1, -0.05) is 12.1 Å². The Hall–Kier alpha value is -3.07. The Kier molecular flexibility index (Phi) is 4.46. The van der Waals surface area contributed by atoms with Gasteiger partial charge < -0.3 is 4.74 Å². The number of para-hydroxylation sites is 1. The predicted octanol–water partition coefficient (Wildman–Crippen LogP) is 2.89. The highest BCUT2D eigenvalue weighted by Gasteiger charge is 2.36. The molecule has 1 aliphatic rings. The minimum Gasteiger partial charge on any atom is -0.496 e. The van der Waals surface area contributed by atoms with Gasteiger partial charge in [-0.25, -0.2) is 12.8 Å². The van der Waals surface area contributed by atoms with Gasteiger partial charge in [-0.05, 0) is 18.2 Å². The van der Waals surface area contributed by atoms with E-state index in [0.717, 1.165) is 10.7 Å². The number of nitrogens with zero attached hydrogens (tertiary/aromatic N) is 4. The van der Waals surface area contributed by atoms with E-state index in [1.807, 2.05) is 18.2 Å². The lowest BCUT2D eigenvalue weighted by Crippen LogP contribution is -2.26. The number of fused-ring (bicyclic) bond motifs is 1. The molecule has 0 bridgehead atoms. The summed E-state index contributed by atoms with van der Waals surface area (Å²) >= 11 is 0. The van der Waals surface area contributed by atoms with Gasteiger partial charge in [0.05, 0.1) is 36.2 Å². The van der Waals surface area contributed by atoms with Gasteiger partial charge in [-0.15, -0.1) is 0 Å². The zero-order chi connectivity index (χ0) is 19.9. The molecule has 0 fully saturated rings. The van der Waals surface area contributed by atoms with Crippen molar-refractivity contribution in [3.05, 3.63) is 65.7 Å². The minimum absolute atomic E-state index is 0.296. The summed E-state index contributed by atoms with van der Waals surface area (Å²) in [6.07, 6.45) is 4.55. The maximum Gasteiger partial charge on any atom is 0.247 e. The Balaban J connectivity index is 1.84. The number of halogens is 1. The van der Waals surface area contributed by atoms with Gasteiger partial charge in [-0.3, -0.25) is 9.97 Å². The predicted molar refractivity (Wildman–Crippen MR) is 103 cm³/mol. The Morgan fingerprint density at radius 1 is 1.18 bits per heavy atom. The molecule has 144 valence electrons. The third kappa shape index (κ3) is 3.18. The summed E-state index contributed by atoms with van der Waals surface area (Å²) in [5, 5.41) is 4.34. The van der Waals surface area contributed by atoms with Crippen LogP contribution in [-0.2, 0) is 10.0 Å². The van der Waals surface area contributed by atoms with Gasteiger partial charge >= 0.3 is 0 Å². The molecule has 0 unspecified atom stereocenters. The molecule has 0 amide bonds. The summed E-state index contributed by atoms with van der Waals surface area (Å²) in [7, 11) is -2.22. The van der Waals surface area contributed by atoms with E-state index in [1.165, 1.54) is 19.2 Å². The first kappa shape index (κ1) is 18.3. The van der Waals surface area contributed by atoms with Crippen molar-refractivity contribution in [3.8, 4) is 5.75 Å². The average Bonchev–Trinajstić information content (AvgIpc) is 3.13. The van der Waals surface area contributed by atoms with Crippen LogP contribution in [0.3, 0.4) is 0 Å². The Morgan fingerprint density at radius 3 is 2.71 bits per heavy atom. The molecule has 0 spiro atoms. The molecule has 9 heteroatoms. The largest absolute Gasteiger partial charge is 0.496 e. The van der Waals surface area contributed by atoms with Gasteiger partial charge in [0.1, 0.15) is 11.6 Å². The smallest absolute Gasteiger partial charge is 0.247 e. The molecule has 0 saturated heterocycles. The van der Waals surface area contributed by atoms with Crippen LogP contribution in [-0.4, -0.2) is 41.9 Å². The molecule has 0 radical (unpaired) electrons. The Labute approximate surface area is 161 Å². The third-order valence-electron chi connectivity index (χ3n) is 4.58. The lowest BCUT2D eigenvalue weighted by atomic mass is 9.97. The van der Waals surface area contributed by atoms with E-state index in [0.29, 0.717) is 40.0 Å². The van der Waals surface area contributed by atoms with Crippen LogP contribution in [0.15, 0.2) is 53.9 Å². The second kappa shape index (κ2) is 6.83. The van der Waals surface area contributed by atoms with Crippen molar-refractivity contribution in [2.24, 2.45) is 5.10 Å². The van der Waals surface area contributed by atoms with Crippen LogP contribution in [0.2, 0.25) is 0 Å². The van der Waals surface area contributed by atoms with Crippen LogP contribution in [0.25, 0.3) is 11.0 Å².